The lowest BCUT2D eigenvalue weighted by Crippen LogP contribution is -1.90. The zero-order valence-electron chi connectivity index (χ0n) is 5.84. The van der Waals surface area contributed by atoms with Gasteiger partial charge in [0, 0.05) is 10.6 Å². The largest absolute Gasteiger partial charge is 0.229 e. The van der Waals surface area contributed by atoms with Gasteiger partial charge >= 0.3 is 0 Å². The highest BCUT2D eigenvalue weighted by molar-refractivity contribution is 7.99. The molecule has 0 spiro atoms. The average Bonchev–Trinajstić information content (AvgIpc) is 2.03. The standard InChI is InChI=1S/C8H8ClFS/c9-8(10)6-11-7-4-2-1-3-5-7/h1-5,8H,6H2. The maximum absolute atomic E-state index is 12.1. The molecule has 0 heterocycles. The lowest BCUT2D eigenvalue weighted by molar-refractivity contribution is 0.481. The van der Waals surface area contributed by atoms with E-state index in [0.29, 0.717) is 5.75 Å². The first kappa shape index (κ1) is 8.88. The van der Waals surface area contributed by atoms with Crippen LogP contribution in [0.3, 0.4) is 0 Å². The molecule has 0 aliphatic rings. The lowest BCUT2D eigenvalue weighted by Gasteiger charge is -1.99. The molecule has 0 radical (unpaired) electrons. The highest BCUT2D eigenvalue weighted by Crippen LogP contribution is 2.19. The summed E-state index contributed by atoms with van der Waals surface area (Å²) in [5, 5.41) is 0. The maximum Gasteiger partial charge on any atom is 0.182 e. The molecule has 0 N–H and O–H groups in total. The molecule has 0 saturated heterocycles. The summed E-state index contributed by atoms with van der Waals surface area (Å²) >= 11 is 6.56. The normalized spacial score (nSPS) is 12.9. The van der Waals surface area contributed by atoms with Crippen LogP contribution in [-0.4, -0.2) is 11.4 Å². The van der Waals surface area contributed by atoms with Gasteiger partial charge in [-0.2, -0.15) is 0 Å². The molecule has 0 fully saturated rings. The Kier molecular flexibility index (Phi) is 3.73. The SMILES string of the molecule is FC(Cl)CSc1ccccc1. The zero-order chi connectivity index (χ0) is 8.10. The zero-order valence-corrected chi connectivity index (χ0v) is 7.41. The van der Waals surface area contributed by atoms with Crippen LogP contribution in [0.2, 0.25) is 0 Å². The van der Waals surface area contributed by atoms with Crippen LogP contribution >= 0.6 is 23.4 Å². The van der Waals surface area contributed by atoms with Crippen LogP contribution in [0.25, 0.3) is 0 Å². The Balaban J connectivity index is 2.39. The minimum atomic E-state index is -1.25. The summed E-state index contributed by atoms with van der Waals surface area (Å²) in [6.07, 6.45) is 0. The van der Waals surface area contributed by atoms with E-state index in [9.17, 15) is 4.39 Å². The third kappa shape index (κ3) is 3.63. The molecule has 60 valence electrons. The second kappa shape index (κ2) is 4.62. The van der Waals surface area contributed by atoms with Gasteiger partial charge in [0.1, 0.15) is 0 Å². The van der Waals surface area contributed by atoms with Gasteiger partial charge in [0.25, 0.3) is 0 Å². The highest BCUT2D eigenvalue weighted by Gasteiger charge is 2.00. The van der Waals surface area contributed by atoms with E-state index in [4.69, 9.17) is 11.6 Å². The van der Waals surface area contributed by atoms with Crippen molar-refractivity contribution in [1.82, 2.24) is 0 Å². The van der Waals surface area contributed by atoms with Crippen LogP contribution < -0.4 is 0 Å². The summed E-state index contributed by atoms with van der Waals surface area (Å²) in [5.74, 6) is 0.311. The van der Waals surface area contributed by atoms with E-state index in [1.165, 1.54) is 11.8 Å². The predicted octanol–water partition coefficient (Wildman–Crippen LogP) is 3.31. The predicted molar refractivity (Wildman–Crippen MR) is 47.9 cm³/mol. The lowest BCUT2D eigenvalue weighted by atomic mass is 10.4. The minimum Gasteiger partial charge on any atom is -0.229 e. The number of benzene rings is 1. The molecular formula is C8H8ClFS. The van der Waals surface area contributed by atoms with Crippen LogP contribution in [0.4, 0.5) is 4.39 Å². The fraction of sp³-hybridized carbons (Fsp3) is 0.250. The van der Waals surface area contributed by atoms with Crippen molar-refractivity contribution in [1.29, 1.82) is 0 Å². The molecule has 1 atom stereocenters. The van der Waals surface area contributed by atoms with E-state index in [1.54, 1.807) is 0 Å². The van der Waals surface area contributed by atoms with E-state index in [0.717, 1.165) is 4.90 Å². The van der Waals surface area contributed by atoms with Gasteiger partial charge in [-0.15, -0.1) is 11.8 Å². The Hall–Kier alpha value is -0.210. The summed E-state index contributed by atoms with van der Waals surface area (Å²) in [4.78, 5) is 1.05. The first-order chi connectivity index (χ1) is 5.29. The van der Waals surface area contributed by atoms with E-state index in [1.807, 2.05) is 30.3 Å². The van der Waals surface area contributed by atoms with Gasteiger partial charge in [-0.3, -0.25) is 0 Å². The molecule has 0 amide bonds. The Morgan fingerprint density at radius 2 is 2.00 bits per heavy atom. The monoisotopic (exact) mass is 190 g/mol. The topological polar surface area (TPSA) is 0 Å². The van der Waals surface area contributed by atoms with Gasteiger partial charge in [0.05, 0.1) is 0 Å². The molecule has 0 saturated carbocycles. The van der Waals surface area contributed by atoms with Crippen LogP contribution in [0, 0.1) is 0 Å². The van der Waals surface area contributed by atoms with Crippen LogP contribution in [-0.2, 0) is 0 Å². The van der Waals surface area contributed by atoms with Crippen molar-refractivity contribution >= 4 is 23.4 Å². The summed E-state index contributed by atoms with van der Waals surface area (Å²) < 4.78 is 12.1. The van der Waals surface area contributed by atoms with Gasteiger partial charge in [-0.25, -0.2) is 4.39 Å². The average molecular weight is 191 g/mol. The molecule has 1 unspecified atom stereocenters. The number of halogens is 2. The van der Waals surface area contributed by atoms with Crippen molar-refractivity contribution in [3.8, 4) is 0 Å². The number of alkyl halides is 2. The molecular weight excluding hydrogens is 183 g/mol. The van der Waals surface area contributed by atoms with Gasteiger partial charge < -0.3 is 0 Å². The molecule has 1 aromatic carbocycles. The number of rotatable bonds is 3. The third-order valence-electron chi connectivity index (χ3n) is 1.12. The highest BCUT2D eigenvalue weighted by atomic mass is 35.5. The van der Waals surface area contributed by atoms with Gasteiger partial charge in [0.2, 0.25) is 0 Å². The molecule has 1 rings (SSSR count). The van der Waals surface area contributed by atoms with Crippen molar-refractivity contribution in [3.63, 3.8) is 0 Å². The molecule has 0 nitrogen and oxygen atoms in total. The molecule has 0 bridgehead atoms. The van der Waals surface area contributed by atoms with E-state index in [2.05, 4.69) is 0 Å². The molecule has 11 heavy (non-hydrogen) atoms. The first-order valence-corrected chi connectivity index (χ1v) is 4.67. The number of hydrogen-bond donors (Lipinski definition) is 0. The molecule has 0 aromatic heterocycles. The smallest absolute Gasteiger partial charge is 0.182 e. The van der Waals surface area contributed by atoms with Gasteiger partial charge in [-0.1, -0.05) is 29.8 Å². The van der Waals surface area contributed by atoms with Gasteiger partial charge in [-0.05, 0) is 12.1 Å². The third-order valence-corrected chi connectivity index (χ3v) is 2.52. The van der Waals surface area contributed by atoms with Crippen molar-refractivity contribution < 1.29 is 4.39 Å². The second-order valence-corrected chi connectivity index (χ2v) is 3.58. The molecule has 0 aliphatic carbocycles. The van der Waals surface area contributed by atoms with Crippen LogP contribution in [0.1, 0.15) is 0 Å². The Morgan fingerprint density at radius 3 is 2.55 bits per heavy atom. The van der Waals surface area contributed by atoms with Gasteiger partial charge in [0.15, 0.2) is 5.63 Å². The van der Waals surface area contributed by atoms with E-state index < -0.39 is 5.63 Å². The Bertz CT molecular complexity index is 201. The van der Waals surface area contributed by atoms with Crippen LogP contribution in [0.15, 0.2) is 35.2 Å². The fourth-order valence-electron chi connectivity index (χ4n) is 0.676. The summed E-state index contributed by atoms with van der Waals surface area (Å²) in [7, 11) is 0. The maximum atomic E-state index is 12.1. The fourth-order valence-corrected chi connectivity index (χ4v) is 1.53. The van der Waals surface area contributed by atoms with Crippen molar-refractivity contribution in [3.05, 3.63) is 30.3 Å². The van der Waals surface area contributed by atoms with Crippen molar-refractivity contribution in [2.24, 2.45) is 0 Å². The summed E-state index contributed by atoms with van der Waals surface area (Å²) in [6, 6.07) is 9.64. The van der Waals surface area contributed by atoms with Crippen molar-refractivity contribution in [2.75, 3.05) is 5.75 Å². The molecule has 1 aromatic rings. The van der Waals surface area contributed by atoms with E-state index in [-0.39, 0.29) is 0 Å². The Labute approximate surface area is 74.8 Å². The molecule has 0 aliphatic heterocycles. The number of thioether (sulfide) groups is 1. The number of hydrogen-bond acceptors (Lipinski definition) is 1. The second-order valence-electron chi connectivity index (χ2n) is 2.02. The summed E-state index contributed by atoms with van der Waals surface area (Å²) in [6.45, 7) is 0. The van der Waals surface area contributed by atoms with E-state index >= 15 is 0 Å². The minimum absolute atomic E-state index is 0.311. The first-order valence-electron chi connectivity index (χ1n) is 3.25. The quantitative estimate of drug-likeness (QED) is 0.521. The van der Waals surface area contributed by atoms with Crippen LogP contribution in [0.5, 0.6) is 0 Å². The summed E-state index contributed by atoms with van der Waals surface area (Å²) in [5.41, 5.74) is -1.25. The van der Waals surface area contributed by atoms with Crippen molar-refractivity contribution in [2.45, 2.75) is 10.5 Å². The molecule has 3 heteroatoms. The Morgan fingerprint density at radius 1 is 1.36 bits per heavy atom.